The predicted octanol–water partition coefficient (Wildman–Crippen LogP) is 1.92. The first kappa shape index (κ1) is 14.5. The second kappa shape index (κ2) is 6.38. The van der Waals surface area contributed by atoms with E-state index in [0.29, 0.717) is 5.92 Å². The lowest BCUT2D eigenvalue weighted by Crippen LogP contribution is -2.42. The van der Waals surface area contributed by atoms with Crippen molar-refractivity contribution in [3.63, 3.8) is 0 Å². The monoisotopic (exact) mass is 274 g/mol. The molecule has 1 aliphatic heterocycles. The number of amides is 1. The van der Waals surface area contributed by atoms with Crippen molar-refractivity contribution in [2.75, 3.05) is 20.1 Å². The second-order valence-electron chi connectivity index (χ2n) is 4.29. The number of rotatable bonds is 2. The van der Waals surface area contributed by atoms with Gasteiger partial charge in [0.1, 0.15) is 0 Å². The third kappa shape index (κ3) is 3.00. The second-order valence-corrected chi connectivity index (χ2v) is 5.24. The molecular weight excluding hydrogens is 256 g/mol. The Hall–Kier alpha value is -0.580. The fourth-order valence-corrected chi connectivity index (χ4v) is 3.49. The number of aryl methyl sites for hydroxylation is 1. The molecule has 0 radical (unpaired) electrons. The largest absolute Gasteiger partial charge is 0.359 e. The van der Waals surface area contributed by atoms with Gasteiger partial charge in [-0.1, -0.05) is 0 Å². The maximum atomic E-state index is 11.8. The van der Waals surface area contributed by atoms with Crippen LogP contribution in [0.25, 0.3) is 0 Å². The van der Waals surface area contributed by atoms with Gasteiger partial charge in [0.05, 0.1) is 0 Å². The zero-order valence-electron chi connectivity index (χ0n) is 10.2. The minimum Gasteiger partial charge on any atom is -0.359 e. The summed E-state index contributed by atoms with van der Waals surface area (Å²) in [6, 6.07) is 2.13. The van der Waals surface area contributed by atoms with Crippen LogP contribution in [-0.4, -0.2) is 26.0 Å². The summed E-state index contributed by atoms with van der Waals surface area (Å²) in [5, 5.41) is 8.28. The van der Waals surface area contributed by atoms with Crippen LogP contribution in [0, 0.1) is 12.8 Å². The minimum absolute atomic E-state index is 0. The highest BCUT2D eigenvalue weighted by molar-refractivity contribution is 7.10. The number of piperidine rings is 1. The highest BCUT2D eigenvalue weighted by Gasteiger charge is 2.32. The van der Waals surface area contributed by atoms with Crippen molar-refractivity contribution in [3.05, 3.63) is 21.9 Å². The average molecular weight is 275 g/mol. The molecule has 2 atom stereocenters. The van der Waals surface area contributed by atoms with Crippen molar-refractivity contribution < 1.29 is 4.79 Å². The Balaban J connectivity index is 0.00000144. The summed E-state index contributed by atoms with van der Waals surface area (Å²) < 4.78 is 0. The third-order valence-electron chi connectivity index (χ3n) is 3.30. The van der Waals surface area contributed by atoms with Crippen LogP contribution in [0.15, 0.2) is 11.4 Å². The van der Waals surface area contributed by atoms with E-state index in [1.165, 1.54) is 10.4 Å². The maximum Gasteiger partial charge on any atom is 0.223 e. The molecule has 1 aromatic heterocycles. The molecule has 0 aromatic carbocycles. The van der Waals surface area contributed by atoms with Crippen LogP contribution in [0.5, 0.6) is 0 Å². The average Bonchev–Trinajstić information content (AvgIpc) is 2.74. The molecule has 1 aliphatic rings. The van der Waals surface area contributed by atoms with E-state index in [4.69, 9.17) is 0 Å². The number of hydrogen-bond acceptors (Lipinski definition) is 3. The first-order valence-electron chi connectivity index (χ1n) is 5.70. The molecular formula is C12H19ClN2OS. The van der Waals surface area contributed by atoms with Gasteiger partial charge in [-0.25, -0.2) is 0 Å². The predicted molar refractivity (Wildman–Crippen MR) is 74.1 cm³/mol. The summed E-state index contributed by atoms with van der Waals surface area (Å²) in [5.41, 5.74) is 1.31. The lowest BCUT2D eigenvalue weighted by Gasteiger charge is -2.30. The number of thiophene rings is 1. The molecule has 0 spiro atoms. The molecule has 1 aromatic rings. The summed E-state index contributed by atoms with van der Waals surface area (Å²) in [6.45, 7) is 3.99. The molecule has 2 rings (SSSR count). The Morgan fingerprint density at radius 3 is 2.94 bits per heavy atom. The molecule has 96 valence electrons. The van der Waals surface area contributed by atoms with E-state index in [-0.39, 0.29) is 24.2 Å². The number of carbonyl (C=O) groups excluding carboxylic acids is 1. The zero-order chi connectivity index (χ0) is 11.5. The topological polar surface area (TPSA) is 41.1 Å². The quantitative estimate of drug-likeness (QED) is 0.865. The molecule has 5 heteroatoms. The molecule has 1 fully saturated rings. The lowest BCUT2D eigenvalue weighted by atomic mass is 9.83. The molecule has 0 saturated carbocycles. The third-order valence-corrected chi connectivity index (χ3v) is 4.45. The van der Waals surface area contributed by atoms with Crippen molar-refractivity contribution in [2.24, 2.45) is 5.92 Å². The van der Waals surface area contributed by atoms with E-state index >= 15 is 0 Å². The number of carbonyl (C=O) groups is 1. The Morgan fingerprint density at radius 1 is 1.59 bits per heavy atom. The van der Waals surface area contributed by atoms with Crippen LogP contribution < -0.4 is 10.6 Å². The smallest absolute Gasteiger partial charge is 0.223 e. The van der Waals surface area contributed by atoms with Crippen LogP contribution in [0.2, 0.25) is 0 Å². The molecule has 2 N–H and O–H groups in total. The van der Waals surface area contributed by atoms with Crippen LogP contribution in [0.1, 0.15) is 22.8 Å². The molecule has 1 saturated heterocycles. The maximum absolute atomic E-state index is 11.8. The fraction of sp³-hybridized carbons (Fsp3) is 0.583. The summed E-state index contributed by atoms with van der Waals surface area (Å²) in [4.78, 5) is 13.2. The first-order chi connectivity index (χ1) is 7.74. The van der Waals surface area contributed by atoms with Crippen LogP contribution in [0.4, 0.5) is 0 Å². The van der Waals surface area contributed by atoms with E-state index in [0.717, 1.165) is 19.5 Å². The SMILES string of the molecule is CNC(=O)C1CCNCC1c1sccc1C.Cl. The van der Waals surface area contributed by atoms with E-state index in [9.17, 15) is 4.79 Å². The van der Waals surface area contributed by atoms with Gasteiger partial charge in [0.15, 0.2) is 0 Å². The molecule has 0 aliphatic carbocycles. The van der Waals surface area contributed by atoms with Gasteiger partial charge < -0.3 is 10.6 Å². The van der Waals surface area contributed by atoms with Crippen LogP contribution in [0.3, 0.4) is 0 Å². The summed E-state index contributed by atoms with van der Waals surface area (Å²) in [7, 11) is 1.72. The molecule has 2 unspecified atom stereocenters. The van der Waals surface area contributed by atoms with Crippen molar-refractivity contribution in [3.8, 4) is 0 Å². The fourth-order valence-electron chi connectivity index (χ4n) is 2.40. The highest BCUT2D eigenvalue weighted by Crippen LogP contribution is 2.34. The summed E-state index contributed by atoms with van der Waals surface area (Å²) in [6.07, 6.45) is 0.932. The standard InChI is InChI=1S/C12H18N2OS.ClH/c1-8-4-6-16-11(8)10-7-14-5-3-9(10)12(15)13-2;/h4,6,9-10,14H,3,5,7H2,1-2H3,(H,13,15);1H. The van der Waals surface area contributed by atoms with Gasteiger partial charge in [-0.3, -0.25) is 4.79 Å². The van der Waals surface area contributed by atoms with E-state index in [2.05, 4.69) is 29.0 Å². The Labute approximate surface area is 112 Å². The van der Waals surface area contributed by atoms with Gasteiger partial charge in [-0.15, -0.1) is 23.7 Å². The van der Waals surface area contributed by atoms with E-state index in [1.54, 1.807) is 18.4 Å². The van der Waals surface area contributed by atoms with Gasteiger partial charge in [0.2, 0.25) is 5.91 Å². The van der Waals surface area contributed by atoms with Gasteiger partial charge in [-0.2, -0.15) is 0 Å². The summed E-state index contributed by atoms with van der Waals surface area (Å²) in [5.74, 6) is 0.650. The zero-order valence-corrected chi connectivity index (χ0v) is 11.8. The highest BCUT2D eigenvalue weighted by atomic mass is 35.5. The van der Waals surface area contributed by atoms with Crippen LogP contribution >= 0.6 is 23.7 Å². The Morgan fingerprint density at radius 2 is 2.35 bits per heavy atom. The number of halogens is 1. The van der Waals surface area contributed by atoms with Gasteiger partial charge in [-0.05, 0) is 36.9 Å². The van der Waals surface area contributed by atoms with E-state index < -0.39 is 0 Å². The molecule has 2 heterocycles. The number of nitrogens with one attached hydrogen (secondary N) is 2. The van der Waals surface area contributed by atoms with Crippen molar-refractivity contribution in [2.45, 2.75) is 19.3 Å². The molecule has 1 amide bonds. The Kier molecular flexibility index (Phi) is 5.43. The Bertz CT molecular complexity index is 380. The van der Waals surface area contributed by atoms with Crippen molar-refractivity contribution in [1.82, 2.24) is 10.6 Å². The lowest BCUT2D eigenvalue weighted by molar-refractivity contribution is -0.125. The number of hydrogen-bond donors (Lipinski definition) is 2. The summed E-state index contributed by atoms with van der Waals surface area (Å²) >= 11 is 1.77. The van der Waals surface area contributed by atoms with E-state index in [1.807, 2.05) is 0 Å². The van der Waals surface area contributed by atoms with Crippen molar-refractivity contribution in [1.29, 1.82) is 0 Å². The van der Waals surface area contributed by atoms with Crippen molar-refractivity contribution >= 4 is 29.7 Å². The molecule has 17 heavy (non-hydrogen) atoms. The van der Waals surface area contributed by atoms with Gasteiger partial charge in [0, 0.05) is 30.3 Å². The normalized spacial score (nSPS) is 23.9. The first-order valence-corrected chi connectivity index (χ1v) is 6.58. The minimum atomic E-state index is 0. The van der Waals surface area contributed by atoms with Gasteiger partial charge in [0.25, 0.3) is 0 Å². The molecule has 3 nitrogen and oxygen atoms in total. The van der Waals surface area contributed by atoms with Gasteiger partial charge >= 0.3 is 0 Å². The van der Waals surface area contributed by atoms with Crippen LogP contribution in [-0.2, 0) is 4.79 Å². The molecule has 0 bridgehead atoms.